The average molecular weight is 358 g/mol. The highest BCUT2D eigenvalue weighted by Crippen LogP contribution is 2.30. The fourth-order valence-corrected chi connectivity index (χ4v) is 3.10. The van der Waals surface area contributed by atoms with E-state index in [2.05, 4.69) is 15.3 Å². The Morgan fingerprint density at radius 2 is 2.00 bits per heavy atom. The number of aromatic nitrogens is 2. The SMILES string of the molecule is Fc1ccc(COc2ccc(-c3nc4c([nH]3)CNCC4)cc2Cl)cc1. The van der Waals surface area contributed by atoms with Gasteiger partial charge < -0.3 is 15.0 Å². The summed E-state index contributed by atoms with van der Waals surface area (Å²) in [7, 11) is 0. The molecule has 0 unspecified atom stereocenters. The summed E-state index contributed by atoms with van der Waals surface area (Å²) >= 11 is 6.36. The number of hydrogen-bond acceptors (Lipinski definition) is 3. The third-order valence-corrected chi connectivity index (χ3v) is 4.51. The van der Waals surface area contributed by atoms with Crippen LogP contribution in [0.15, 0.2) is 42.5 Å². The summed E-state index contributed by atoms with van der Waals surface area (Å²) in [5.74, 6) is 1.15. The van der Waals surface area contributed by atoms with Gasteiger partial charge in [0.15, 0.2) is 0 Å². The predicted molar refractivity (Wildman–Crippen MR) is 95.2 cm³/mol. The lowest BCUT2D eigenvalue weighted by molar-refractivity contribution is 0.306. The highest BCUT2D eigenvalue weighted by molar-refractivity contribution is 6.32. The molecule has 1 aliphatic heterocycles. The van der Waals surface area contributed by atoms with Gasteiger partial charge in [-0.15, -0.1) is 0 Å². The molecule has 4 rings (SSSR count). The molecular weight excluding hydrogens is 341 g/mol. The molecule has 25 heavy (non-hydrogen) atoms. The smallest absolute Gasteiger partial charge is 0.138 e. The van der Waals surface area contributed by atoms with E-state index >= 15 is 0 Å². The van der Waals surface area contributed by atoms with Crippen LogP contribution < -0.4 is 10.1 Å². The Morgan fingerprint density at radius 3 is 2.76 bits per heavy atom. The van der Waals surface area contributed by atoms with Gasteiger partial charge in [0.2, 0.25) is 0 Å². The minimum absolute atomic E-state index is 0.262. The van der Waals surface area contributed by atoms with Crippen LogP contribution in [0.5, 0.6) is 5.75 Å². The minimum atomic E-state index is -0.262. The van der Waals surface area contributed by atoms with Gasteiger partial charge in [0.25, 0.3) is 0 Å². The van der Waals surface area contributed by atoms with Crippen molar-refractivity contribution >= 4 is 11.6 Å². The number of benzene rings is 2. The van der Waals surface area contributed by atoms with E-state index in [4.69, 9.17) is 16.3 Å². The zero-order chi connectivity index (χ0) is 17.2. The molecule has 0 saturated carbocycles. The van der Waals surface area contributed by atoms with Crippen molar-refractivity contribution in [1.29, 1.82) is 0 Å². The van der Waals surface area contributed by atoms with Crippen LogP contribution in [-0.2, 0) is 19.6 Å². The molecule has 0 bridgehead atoms. The Morgan fingerprint density at radius 1 is 1.16 bits per heavy atom. The van der Waals surface area contributed by atoms with Crippen LogP contribution in [0.2, 0.25) is 5.02 Å². The molecule has 0 amide bonds. The fourth-order valence-electron chi connectivity index (χ4n) is 2.86. The topological polar surface area (TPSA) is 49.9 Å². The van der Waals surface area contributed by atoms with Gasteiger partial charge in [-0.2, -0.15) is 0 Å². The van der Waals surface area contributed by atoms with Gasteiger partial charge in [0, 0.05) is 25.1 Å². The van der Waals surface area contributed by atoms with Crippen LogP contribution in [0.3, 0.4) is 0 Å². The predicted octanol–water partition coefficient (Wildman–Crippen LogP) is 4.09. The van der Waals surface area contributed by atoms with Crippen molar-refractivity contribution in [2.45, 2.75) is 19.6 Å². The maximum Gasteiger partial charge on any atom is 0.138 e. The number of ether oxygens (including phenoxy) is 1. The van der Waals surface area contributed by atoms with E-state index in [-0.39, 0.29) is 5.82 Å². The monoisotopic (exact) mass is 357 g/mol. The molecule has 2 heterocycles. The van der Waals surface area contributed by atoms with E-state index in [0.29, 0.717) is 17.4 Å². The summed E-state index contributed by atoms with van der Waals surface area (Å²) in [6.07, 6.45) is 0.929. The largest absolute Gasteiger partial charge is 0.487 e. The van der Waals surface area contributed by atoms with Crippen molar-refractivity contribution in [1.82, 2.24) is 15.3 Å². The Labute approximate surface area is 150 Å². The molecule has 128 valence electrons. The van der Waals surface area contributed by atoms with Crippen molar-refractivity contribution in [3.8, 4) is 17.1 Å². The van der Waals surface area contributed by atoms with Crippen molar-refractivity contribution in [3.63, 3.8) is 0 Å². The van der Waals surface area contributed by atoms with Crippen LogP contribution in [0.4, 0.5) is 4.39 Å². The number of rotatable bonds is 4. The summed E-state index contributed by atoms with van der Waals surface area (Å²) in [5, 5.41) is 3.84. The van der Waals surface area contributed by atoms with Gasteiger partial charge >= 0.3 is 0 Å². The van der Waals surface area contributed by atoms with Crippen LogP contribution in [-0.4, -0.2) is 16.5 Å². The first-order chi connectivity index (χ1) is 12.2. The first-order valence-corrected chi connectivity index (χ1v) is 8.52. The van der Waals surface area contributed by atoms with Gasteiger partial charge in [-0.05, 0) is 35.9 Å². The second-order valence-electron chi connectivity index (χ2n) is 6.00. The molecule has 3 aromatic rings. The summed E-state index contributed by atoms with van der Waals surface area (Å²) in [4.78, 5) is 8.01. The summed E-state index contributed by atoms with van der Waals surface area (Å²) in [5.41, 5.74) is 4.05. The first kappa shape index (κ1) is 16.1. The zero-order valence-electron chi connectivity index (χ0n) is 13.5. The van der Waals surface area contributed by atoms with Crippen LogP contribution in [0.25, 0.3) is 11.4 Å². The highest BCUT2D eigenvalue weighted by Gasteiger charge is 2.15. The Balaban J connectivity index is 1.50. The average Bonchev–Trinajstić information content (AvgIpc) is 3.06. The summed E-state index contributed by atoms with van der Waals surface area (Å²) in [6.45, 7) is 2.10. The molecule has 0 saturated heterocycles. The molecule has 2 aromatic carbocycles. The van der Waals surface area contributed by atoms with Gasteiger partial charge in [-0.25, -0.2) is 9.37 Å². The van der Waals surface area contributed by atoms with Crippen molar-refractivity contribution < 1.29 is 9.13 Å². The number of nitrogens with one attached hydrogen (secondary N) is 2. The lowest BCUT2D eigenvalue weighted by Crippen LogP contribution is -2.23. The number of hydrogen-bond donors (Lipinski definition) is 2. The van der Waals surface area contributed by atoms with Gasteiger partial charge in [-0.1, -0.05) is 23.7 Å². The number of imidazole rings is 1. The molecule has 2 N–H and O–H groups in total. The third kappa shape index (κ3) is 3.52. The quantitative estimate of drug-likeness (QED) is 0.739. The van der Waals surface area contributed by atoms with Crippen molar-refractivity contribution in [2.24, 2.45) is 0 Å². The molecule has 1 aromatic heterocycles. The standard InChI is InChI=1S/C19H17ClFN3O/c20-15-9-13(19-23-16-7-8-22-10-17(16)24-19)3-6-18(15)25-11-12-1-4-14(21)5-2-12/h1-6,9,22H,7-8,10-11H2,(H,23,24). The molecule has 6 heteroatoms. The van der Waals surface area contributed by atoms with Crippen molar-refractivity contribution in [3.05, 3.63) is 70.3 Å². The van der Waals surface area contributed by atoms with E-state index in [0.717, 1.165) is 47.8 Å². The van der Waals surface area contributed by atoms with Crippen LogP contribution in [0.1, 0.15) is 17.0 Å². The van der Waals surface area contributed by atoms with Gasteiger partial charge in [0.1, 0.15) is 24.0 Å². The lowest BCUT2D eigenvalue weighted by atomic mass is 10.2. The molecule has 1 aliphatic rings. The van der Waals surface area contributed by atoms with Crippen molar-refractivity contribution in [2.75, 3.05) is 6.54 Å². The summed E-state index contributed by atoms with van der Waals surface area (Å²) < 4.78 is 18.7. The summed E-state index contributed by atoms with van der Waals surface area (Å²) in [6, 6.07) is 11.8. The van der Waals surface area contributed by atoms with E-state index < -0.39 is 0 Å². The normalized spacial score (nSPS) is 13.5. The van der Waals surface area contributed by atoms with E-state index in [1.807, 2.05) is 18.2 Å². The third-order valence-electron chi connectivity index (χ3n) is 4.22. The minimum Gasteiger partial charge on any atom is -0.487 e. The van der Waals surface area contributed by atoms with Gasteiger partial charge in [0.05, 0.1) is 16.4 Å². The Kier molecular flexibility index (Phi) is 4.42. The Hall–Kier alpha value is -2.37. The molecule has 4 nitrogen and oxygen atoms in total. The molecular formula is C19H17ClFN3O. The maximum atomic E-state index is 12.9. The van der Waals surface area contributed by atoms with Gasteiger partial charge in [-0.3, -0.25) is 0 Å². The molecule has 0 atom stereocenters. The molecule has 0 spiro atoms. The molecule has 0 fully saturated rings. The van der Waals surface area contributed by atoms with E-state index in [1.54, 1.807) is 12.1 Å². The maximum absolute atomic E-state index is 12.9. The van der Waals surface area contributed by atoms with E-state index in [1.165, 1.54) is 12.1 Å². The van der Waals surface area contributed by atoms with Crippen LogP contribution in [0, 0.1) is 5.82 Å². The first-order valence-electron chi connectivity index (χ1n) is 8.15. The second-order valence-corrected chi connectivity index (χ2v) is 6.40. The molecule has 0 aliphatic carbocycles. The highest BCUT2D eigenvalue weighted by atomic mass is 35.5. The molecule has 0 radical (unpaired) electrons. The van der Waals surface area contributed by atoms with Crippen LogP contribution >= 0.6 is 11.6 Å². The van der Waals surface area contributed by atoms with E-state index in [9.17, 15) is 4.39 Å². The zero-order valence-corrected chi connectivity index (χ0v) is 14.2. The Bertz CT molecular complexity index is 869. The number of fused-ring (bicyclic) bond motifs is 1. The number of nitrogens with zero attached hydrogens (tertiary/aromatic N) is 1. The number of H-pyrrole nitrogens is 1. The lowest BCUT2D eigenvalue weighted by Gasteiger charge is -2.09. The second kappa shape index (κ2) is 6.86. The number of aromatic amines is 1. The fraction of sp³-hybridized carbons (Fsp3) is 0.211. The number of halogens is 2.